The molecule has 0 aliphatic heterocycles. The SMILES string of the molecule is COc1c(-c2[nH]c(C)nc(=S)c2C)ccc(C)c1C. The van der Waals surface area contributed by atoms with E-state index in [9.17, 15) is 0 Å². The van der Waals surface area contributed by atoms with Crippen LogP contribution in [0.25, 0.3) is 11.3 Å². The van der Waals surface area contributed by atoms with Crippen LogP contribution in [0.5, 0.6) is 5.75 Å². The van der Waals surface area contributed by atoms with Gasteiger partial charge in [-0.05, 0) is 44.9 Å². The van der Waals surface area contributed by atoms with Crippen molar-refractivity contribution in [2.24, 2.45) is 0 Å². The highest BCUT2D eigenvalue weighted by Crippen LogP contribution is 2.35. The second-order valence-corrected chi connectivity index (χ2v) is 5.10. The van der Waals surface area contributed by atoms with Gasteiger partial charge in [0.15, 0.2) is 0 Å². The first kappa shape index (κ1) is 13.7. The molecule has 0 fully saturated rings. The molecule has 2 rings (SSSR count). The molecule has 1 aromatic carbocycles. The third-order valence-electron chi connectivity index (χ3n) is 3.42. The third-order valence-corrected chi connectivity index (χ3v) is 3.82. The molecule has 0 atom stereocenters. The molecular weight excluding hydrogens is 256 g/mol. The van der Waals surface area contributed by atoms with E-state index in [2.05, 4.69) is 35.9 Å². The highest BCUT2D eigenvalue weighted by Gasteiger charge is 2.14. The molecule has 100 valence electrons. The van der Waals surface area contributed by atoms with Gasteiger partial charge in [0.25, 0.3) is 0 Å². The summed E-state index contributed by atoms with van der Waals surface area (Å²) in [6.45, 7) is 8.03. The van der Waals surface area contributed by atoms with Gasteiger partial charge in [0.1, 0.15) is 16.2 Å². The van der Waals surface area contributed by atoms with Crippen LogP contribution in [0, 0.1) is 32.3 Å². The van der Waals surface area contributed by atoms with Crippen molar-refractivity contribution in [1.82, 2.24) is 9.97 Å². The van der Waals surface area contributed by atoms with Crippen molar-refractivity contribution in [3.63, 3.8) is 0 Å². The quantitative estimate of drug-likeness (QED) is 0.840. The standard InChI is InChI=1S/C15H18N2OS/c1-8-6-7-12(14(18-5)9(8)2)13-10(3)15(19)17-11(4)16-13/h6-7H,1-5H3,(H,16,17,19). The first-order chi connectivity index (χ1) is 8.95. The fourth-order valence-corrected chi connectivity index (χ4v) is 2.40. The molecular formula is C15H18N2OS. The minimum absolute atomic E-state index is 0.631. The van der Waals surface area contributed by atoms with Gasteiger partial charge in [-0.15, -0.1) is 0 Å². The Labute approximate surface area is 118 Å². The van der Waals surface area contributed by atoms with E-state index in [0.717, 1.165) is 34.0 Å². The highest BCUT2D eigenvalue weighted by molar-refractivity contribution is 7.71. The van der Waals surface area contributed by atoms with Crippen LogP contribution < -0.4 is 4.74 Å². The molecule has 1 heterocycles. The van der Waals surface area contributed by atoms with E-state index >= 15 is 0 Å². The van der Waals surface area contributed by atoms with E-state index in [4.69, 9.17) is 17.0 Å². The number of hydrogen-bond acceptors (Lipinski definition) is 3. The van der Waals surface area contributed by atoms with Gasteiger partial charge in [-0.1, -0.05) is 18.3 Å². The summed E-state index contributed by atoms with van der Waals surface area (Å²) >= 11 is 5.29. The Balaban J connectivity index is 2.80. The van der Waals surface area contributed by atoms with Crippen molar-refractivity contribution in [2.45, 2.75) is 27.7 Å². The third kappa shape index (κ3) is 2.40. The lowest BCUT2D eigenvalue weighted by atomic mass is 10.00. The maximum absolute atomic E-state index is 5.57. The number of rotatable bonds is 2. The van der Waals surface area contributed by atoms with Crippen LogP contribution in [0.1, 0.15) is 22.5 Å². The average molecular weight is 274 g/mol. The minimum Gasteiger partial charge on any atom is -0.496 e. The molecule has 3 nitrogen and oxygen atoms in total. The van der Waals surface area contributed by atoms with E-state index in [1.807, 2.05) is 13.8 Å². The normalized spacial score (nSPS) is 10.6. The number of methoxy groups -OCH3 is 1. The molecule has 0 aliphatic rings. The molecule has 0 unspecified atom stereocenters. The summed E-state index contributed by atoms with van der Waals surface area (Å²) in [4.78, 5) is 7.57. The predicted octanol–water partition coefficient (Wildman–Crippen LogP) is 4.05. The second-order valence-electron chi connectivity index (χ2n) is 4.72. The summed E-state index contributed by atoms with van der Waals surface area (Å²) < 4.78 is 6.20. The Morgan fingerprint density at radius 1 is 1.11 bits per heavy atom. The molecule has 0 radical (unpaired) electrons. The van der Waals surface area contributed by atoms with Crippen LogP contribution in [0.15, 0.2) is 12.1 Å². The topological polar surface area (TPSA) is 37.9 Å². The Morgan fingerprint density at radius 2 is 1.79 bits per heavy atom. The zero-order chi connectivity index (χ0) is 14.2. The van der Waals surface area contributed by atoms with Crippen LogP contribution in [0.4, 0.5) is 0 Å². The fraction of sp³-hybridized carbons (Fsp3) is 0.333. The van der Waals surface area contributed by atoms with Crippen LogP contribution in [-0.4, -0.2) is 17.1 Å². The van der Waals surface area contributed by atoms with Gasteiger partial charge >= 0.3 is 0 Å². The van der Waals surface area contributed by atoms with E-state index in [1.54, 1.807) is 7.11 Å². The molecule has 4 heteroatoms. The average Bonchev–Trinajstić information content (AvgIpc) is 2.37. The summed E-state index contributed by atoms with van der Waals surface area (Å²) in [5.74, 6) is 1.70. The van der Waals surface area contributed by atoms with Crippen molar-refractivity contribution in [3.8, 4) is 17.0 Å². The van der Waals surface area contributed by atoms with Crippen LogP contribution >= 0.6 is 12.2 Å². The summed E-state index contributed by atoms with van der Waals surface area (Å²) in [6, 6.07) is 4.16. The van der Waals surface area contributed by atoms with E-state index < -0.39 is 0 Å². The number of hydrogen-bond donors (Lipinski definition) is 1. The zero-order valence-electron chi connectivity index (χ0n) is 11.9. The summed E-state index contributed by atoms with van der Waals surface area (Å²) in [6.07, 6.45) is 0. The highest BCUT2D eigenvalue weighted by atomic mass is 32.1. The van der Waals surface area contributed by atoms with Crippen molar-refractivity contribution in [3.05, 3.63) is 39.3 Å². The van der Waals surface area contributed by atoms with Gasteiger partial charge < -0.3 is 9.72 Å². The Morgan fingerprint density at radius 3 is 2.42 bits per heavy atom. The number of nitrogens with zero attached hydrogens (tertiary/aromatic N) is 1. The lowest BCUT2D eigenvalue weighted by Crippen LogP contribution is -2.00. The lowest BCUT2D eigenvalue weighted by molar-refractivity contribution is 0.413. The molecule has 2 aromatic rings. The van der Waals surface area contributed by atoms with E-state index in [-0.39, 0.29) is 0 Å². The number of nitrogens with one attached hydrogen (secondary N) is 1. The maximum atomic E-state index is 5.57. The minimum atomic E-state index is 0.631. The smallest absolute Gasteiger partial charge is 0.133 e. The number of H-pyrrole nitrogens is 1. The Bertz CT molecular complexity index is 689. The maximum Gasteiger partial charge on any atom is 0.133 e. The predicted molar refractivity (Wildman–Crippen MR) is 80.4 cm³/mol. The van der Waals surface area contributed by atoms with Crippen molar-refractivity contribution in [1.29, 1.82) is 0 Å². The number of aryl methyl sites for hydroxylation is 2. The second kappa shape index (κ2) is 5.13. The first-order valence-corrected chi connectivity index (χ1v) is 6.58. The zero-order valence-corrected chi connectivity index (χ0v) is 12.7. The van der Waals surface area contributed by atoms with Crippen LogP contribution in [-0.2, 0) is 0 Å². The molecule has 0 aliphatic carbocycles. The molecule has 1 aromatic heterocycles. The lowest BCUT2D eigenvalue weighted by Gasteiger charge is -2.15. The largest absolute Gasteiger partial charge is 0.496 e. The molecule has 19 heavy (non-hydrogen) atoms. The Hall–Kier alpha value is -1.68. The molecule has 0 amide bonds. The van der Waals surface area contributed by atoms with Crippen molar-refractivity contribution < 1.29 is 4.74 Å². The fourth-order valence-electron chi connectivity index (χ4n) is 2.17. The molecule has 0 saturated heterocycles. The van der Waals surface area contributed by atoms with Crippen molar-refractivity contribution in [2.75, 3.05) is 7.11 Å². The van der Waals surface area contributed by atoms with Gasteiger partial charge in [0.05, 0.1) is 12.8 Å². The first-order valence-electron chi connectivity index (χ1n) is 6.17. The van der Waals surface area contributed by atoms with Crippen molar-refractivity contribution >= 4 is 12.2 Å². The number of aromatic amines is 1. The molecule has 0 bridgehead atoms. The summed E-state index contributed by atoms with van der Waals surface area (Å²) in [5.41, 5.74) is 5.34. The molecule has 0 spiro atoms. The number of aromatic nitrogens is 2. The summed E-state index contributed by atoms with van der Waals surface area (Å²) in [5, 5.41) is 0. The van der Waals surface area contributed by atoms with Gasteiger partial charge in [0.2, 0.25) is 0 Å². The Kier molecular flexibility index (Phi) is 3.71. The van der Waals surface area contributed by atoms with Gasteiger partial charge in [-0.25, -0.2) is 4.98 Å². The van der Waals surface area contributed by atoms with E-state index in [1.165, 1.54) is 5.56 Å². The van der Waals surface area contributed by atoms with Crippen LogP contribution in [0.3, 0.4) is 0 Å². The van der Waals surface area contributed by atoms with Gasteiger partial charge in [0, 0.05) is 11.1 Å². The molecule has 1 N–H and O–H groups in total. The van der Waals surface area contributed by atoms with E-state index in [0.29, 0.717) is 4.64 Å². The summed E-state index contributed by atoms with van der Waals surface area (Å²) in [7, 11) is 1.70. The van der Waals surface area contributed by atoms with Gasteiger partial charge in [-0.2, -0.15) is 0 Å². The van der Waals surface area contributed by atoms with Crippen LogP contribution in [0.2, 0.25) is 0 Å². The number of ether oxygens (including phenoxy) is 1. The number of benzene rings is 1. The van der Waals surface area contributed by atoms with Gasteiger partial charge in [-0.3, -0.25) is 0 Å². The molecule has 0 saturated carbocycles. The monoisotopic (exact) mass is 274 g/mol.